The summed E-state index contributed by atoms with van der Waals surface area (Å²) in [6, 6.07) is 4.37. The van der Waals surface area contributed by atoms with Crippen LogP contribution in [-0.2, 0) is 9.53 Å². The lowest BCUT2D eigenvalue weighted by Crippen LogP contribution is -2.47. The predicted molar refractivity (Wildman–Crippen MR) is 89.0 cm³/mol. The van der Waals surface area contributed by atoms with Crippen LogP contribution >= 0.6 is 11.6 Å². The molecule has 0 radical (unpaired) electrons. The Hall–Kier alpha value is -1.17. The highest BCUT2D eigenvalue weighted by atomic mass is 35.5. The SMILES string of the molecule is CC1CN(C(CNC(=O)C(C)C)c2c(F)cccc2Cl)CCO1. The van der Waals surface area contributed by atoms with E-state index in [0.717, 1.165) is 0 Å². The van der Waals surface area contributed by atoms with Crippen LogP contribution in [-0.4, -0.2) is 43.2 Å². The lowest BCUT2D eigenvalue weighted by atomic mass is 10.0. The summed E-state index contributed by atoms with van der Waals surface area (Å²) in [4.78, 5) is 14.0. The van der Waals surface area contributed by atoms with Crippen LogP contribution in [0.2, 0.25) is 5.02 Å². The Morgan fingerprint density at radius 1 is 1.52 bits per heavy atom. The molecule has 0 spiro atoms. The fourth-order valence-corrected chi connectivity index (χ4v) is 3.06. The third kappa shape index (κ3) is 4.66. The van der Waals surface area contributed by atoms with Gasteiger partial charge in [0, 0.05) is 36.1 Å². The van der Waals surface area contributed by atoms with E-state index in [4.69, 9.17) is 16.3 Å². The molecule has 2 rings (SSSR count). The molecule has 1 fully saturated rings. The van der Waals surface area contributed by atoms with Gasteiger partial charge in [-0.05, 0) is 19.1 Å². The first kappa shape index (κ1) is 18.2. The van der Waals surface area contributed by atoms with Crippen LogP contribution in [0.5, 0.6) is 0 Å². The number of halogens is 2. The van der Waals surface area contributed by atoms with E-state index in [1.807, 2.05) is 20.8 Å². The van der Waals surface area contributed by atoms with Crippen molar-refractivity contribution in [3.63, 3.8) is 0 Å². The molecule has 1 aliphatic heterocycles. The molecule has 1 amide bonds. The molecule has 1 heterocycles. The third-order valence-electron chi connectivity index (χ3n) is 4.04. The Morgan fingerprint density at radius 3 is 2.87 bits per heavy atom. The molecule has 1 aromatic carbocycles. The summed E-state index contributed by atoms with van der Waals surface area (Å²) in [7, 11) is 0. The molecule has 1 saturated heterocycles. The molecule has 2 unspecified atom stereocenters. The van der Waals surface area contributed by atoms with E-state index in [-0.39, 0.29) is 29.8 Å². The summed E-state index contributed by atoms with van der Waals surface area (Å²) >= 11 is 6.25. The van der Waals surface area contributed by atoms with Crippen molar-refractivity contribution in [1.82, 2.24) is 10.2 Å². The molecule has 2 atom stereocenters. The molecule has 0 saturated carbocycles. The number of benzene rings is 1. The number of nitrogens with zero attached hydrogens (tertiary/aromatic N) is 1. The average Bonchev–Trinajstić information content (AvgIpc) is 2.49. The van der Waals surface area contributed by atoms with Gasteiger partial charge >= 0.3 is 0 Å². The van der Waals surface area contributed by atoms with E-state index < -0.39 is 0 Å². The van der Waals surface area contributed by atoms with E-state index in [2.05, 4.69) is 10.2 Å². The van der Waals surface area contributed by atoms with E-state index in [1.165, 1.54) is 6.07 Å². The summed E-state index contributed by atoms with van der Waals surface area (Å²) < 4.78 is 19.9. The van der Waals surface area contributed by atoms with Crippen LogP contribution in [0.1, 0.15) is 32.4 Å². The van der Waals surface area contributed by atoms with Crippen molar-refractivity contribution < 1.29 is 13.9 Å². The summed E-state index contributed by atoms with van der Waals surface area (Å²) in [5.74, 6) is -0.514. The Bertz CT molecular complexity index is 533. The summed E-state index contributed by atoms with van der Waals surface area (Å²) in [6.07, 6.45) is 0.0672. The minimum absolute atomic E-state index is 0.0521. The summed E-state index contributed by atoms with van der Waals surface area (Å²) in [5, 5.41) is 3.28. The number of nitrogens with one attached hydrogen (secondary N) is 1. The maximum atomic E-state index is 14.4. The third-order valence-corrected chi connectivity index (χ3v) is 4.37. The topological polar surface area (TPSA) is 41.6 Å². The highest BCUT2D eigenvalue weighted by Gasteiger charge is 2.29. The molecule has 0 aromatic heterocycles. The van der Waals surface area contributed by atoms with E-state index in [9.17, 15) is 9.18 Å². The van der Waals surface area contributed by atoms with Crippen molar-refractivity contribution in [1.29, 1.82) is 0 Å². The zero-order valence-electron chi connectivity index (χ0n) is 13.8. The van der Waals surface area contributed by atoms with Gasteiger partial charge < -0.3 is 10.1 Å². The quantitative estimate of drug-likeness (QED) is 0.894. The lowest BCUT2D eigenvalue weighted by molar-refractivity contribution is -0.124. The van der Waals surface area contributed by atoms with Crippen LogP contribution in [0.25, 0.3) is 0 Å². The van der Waals surface area contributed by atoms with Crippen molar-refractivity contribution >= 4 is 17.5 Å². The minimum Gasteiger partial charge on any atom is -0.376 e. The molecule has 1 N–H and O–H groups in total. The molecule has 1 aliphatic rings. The van der Waals surface area contributed by atoms with Crippen molar-refractivity contribution in [3.8, 4) is 0 Å². The van der Waals surface area contributed by atoms with Gasteiger partial charge in [0.15, 0.2) is 0 Å². The molecule has 4 nitrogen and oxygen atoms in total. The number of rotatable bonds is 5. The van der Waals surface area contributed by atoms with Crippen LogP contribution in [0.4, 0.5) is 4.39 Å². The number of hydrogen-bond acceptors (Lipinski definition) is 3. The maximum absolute atomic E-state index is 14.4. The second-order valence-corrected chi connectivity index (χ2v) is 6.63. The average molecular weight is 343 g/mol. The highest BCUT2D eigenvalue weighted by molar-refractivity contribution is 6.31. The first-order valence-electron chi connectivity index (χ1n) is 7.97. The fourth-order valence-electron chi connectivity index (χ4n) is 2.77. The highest BCUT2D eigenvalue weighted by Crippen LogP contribution is 2.31. The van der Waals surface area contributed by atoms with E-state index in [1.54, 1.807) is 12.1 Å². The monoisotopic (exact) mass is 342 g/mol. The number of ether oxygens (including phenoxy) is 1. The van der Waals surface area contributed by atoms with Gasteiger partial charge in [-0.1, -0.05) is 31.5 Å². The van der Waals surface area contributed by atoms with E-state index in [0.29, 0.717) is 36.8 Å². The van der Waals surface area contributed by atoms with Crippen molar-refractivity contribution in [2.24, 2.45) is 5.92 Å². The van der Waals surface area contributed by atoms with E-state index >= 15 is 0 Å². The van der Waals surface area contributed by atoms with Crippen LogP contribution < -0.4 is 5.32 Å². The van der Waals surface area contributed by atoms with Crippen molar-refractivity contribution in [3.05, 3.63) is 34.6 Å². The maximum Gasteiger partial charge on any atom is 0.222 e. The molecular formula is C17H24ClFN2O2. The zero-order chi connectivity index (χ0) is 17.0. The molecule has 23 heavy (non-hydrogen) atoms. The standard InChI is InChI=1S/C17H24ClFN2O2/c1-11(2)17(22)20-9-15(21-7-8-23-12(3)10-21)16-13(18)5-4-6-14(16)19/h4-6,11-12,15H,7-10H2,1-3H3,(H,20,22). The van der Waals surface area contributed by atoms with Gasteiger partial charge in [-0.15, -0.1) is 0 Å². The van der Waals surface area contributed by atoms with Gasteiger partial charge in [-0.3, -0.25) is 9.69 Å². The first-order valence-corrected chi connectivity index (χ1v) is 8.35. The van der Waals surface area contributed by atoms with Gasteiger partial charge in [-0.2, -0.15) is 0 Å². The van der Waals surface area contributed by atoms with Gasteiger partial charge in [0.1, 0.15) is 5.82 Å². The molecule has 6 heteroatoms. The molecule has 0 bridgehead atoms. The normalized spacial score (nSPS) is 20.5. The Balaban J connectivity index is 2.25. The van der Waals surface area contributed by atoms with Crippen molar-refractivity contribution in [2.75, 3.05) is 26.2 Å². The molecular weight excluding hydrogens is 319 g/mol. The largest absolute Gasteiger partial charge is 0.376 e. The number of hydrogen-bond donors (Lipinski definition) is 1. The number of amides is 1. The Labute approximate surface area is 141 Å². The lowest BCUT2D eigenvalue weighted by Gasteiger charge is -2.38. The van der Waals surface area contributed by atoms with Crippen LogP contribution in [0, 0.1) is 11.7 Å². The van der Waals surface area contributed by atoms with Gasteiger partial charge in [0.05, 0.1) is 18.8 Å². The first-order chi connectivity index (χ1) is 10.9. The summed E-state index contributed by atoms with van der Waals surface area (Å²) in [6.45, 7) is 7.91. The van der Waals surface area contributed by atoms with Gasteiger partial charge in [0.25, 0.3) is 0 Å². The molecule has 1 aromatic rings. The predicted octanol–water partition coefficient (Wildman–Crippen LogP) is 3.01. The Kier molecular flexibility index (Phi) is 6.39. The second-order valence-electron chi connectivity index (χ2n) is 6.23. The van der Waals surface area contributed by atoms with Crippen molar-refractivity contribution in [2.45, 2.75) is 32.9 Å². The zero-order valence-corrected chi connectivity index (χ0v) is 14.6. The van der Waals surface area contributed by atoms with Crippen LogP contribution in [0.3, 0.4) is 0 Å². The van der Waals surface area contributed by atoms with Crippen LogP contribution in [0.15, 0.2) is 18.2 Å². The number of morpholine rings is 1. The summed E-state index contributed by atoms with van der Waals surface area (Å²) in [5.41, 5.74) is 0.437. The molecule has 128 valence electrons. The van der Waals surface area contributed by atoms with Gasteiger partial charge in [0.2, 0.25) is 5.91 Å². The second kappa shape index (κ2) is 8.08. The fraction of sp³-hybridized carbons (Fsp3) is 0.588. The number of carbonyl (C=O) groups excluding carboxylic acids is 1. The smallest absolute Gasteiger partial charge is 0.222 e. The number of carbonyl (C=O) groups is 1. The van der Waals surface area contributed by atoms with Gasteiger partial charge in [-0.25, -0.2) is 4.39 Å². The molecule has 0 aliphatic carbocycles. The minimum atomic E-state index is -0.347. The Morgan fingerprint density at radius 2 is 2.26 bits per heavy atom.